The highest BCUT2D eigenvalue weighted by Crippen LogP contribution is 2.60. The Kier molecular flexibility index (Phi) is 6.33. The number of allylic oxidation sites excluding steroid dienone is 2. The van der Waals surface area contributed by atoms with Crippen molar-refractivity contribution < 1.29 is 14.3 Å². The number of amides is 2. The lowest BCUT2D eigenvalue weighted by Crippen LogP contribution is -2.43. The second-order valence-corrected chi connectivity index (χ2v) is 10.2. The molecule has 2 amide bonds. The van der Waals surface area contributed by atoms with Gasteiger partial charge >= 0.3 is 6.09 Å². The summed E-state index contributed by atoms with van der Waals surface area (Å²) in [6.45, 7) is 16.5. The first-order valence-electron chi connectivity index (χ1n) is 10.2. The molecule has 0 radical (unpaired) electrons. The normalized spacial score (nSPS) is 25.0. The van der Waals surface area contributed by atoms with E-state index in [0.29, 0.717) is 24.3 Å². The van der Waals surface area contributed by atoms with Crippen LogP contribution in [-0.4, -0.2) is 54.1 Å². The molecule has 2 aliphatic rings. The fourth-order valence-electron chi connectivity index (χ4n) is 4.15. The van der Waals surface area contributed by atoms with Crippen LogP contribution < -0.4 is 0 Å². The molecule has 0 aromatic heterocycles. The Hall–Kier alpha value is -1.52. The number of ether oxygens (including phenoxy) is 1. The molecule has 5 heteroatoms. The highest BCUT2D eigenvalue weighted by Gasteiger charge is 2.61. The monoisotopic (exact) mass is 378 g/mol. The molecule has 2 fully saturated rings. The second kappa shape index (κ2) is 7.84. The molecule has 1 heterocycles. The summed E-state index contributed by atoms with van der Waals surface area (Å²) in [7, 11) is 1.79. The molecule has 2 atom stereocenters. The molecule has 154 valence electrons. The highest BCUT2D eigenvalue weighted by atomic mass is 16.6. The van der Waals surface area contributed by atoms with Crippen molar-refractivity contribution in [1.82, 2.24) is 9.80 Å². The molecule has 0 aromatic rings. The summed E-state index contributed by atoms with van der Waals surface area (Å²) < 4.78 is 5.42. The molecule has 1 aliphatic carbocycles. The summed E-state index contributed by atoms with van der Waals surface area (Å²) in [6, 6.07) is 0. The molecule has 0 aromatic carbocycles. The fourth-order valence-corrected chi connectivity index (χ4v) is 4.15. The number of hydrogen-bond acceptors (Lipinski definition) is 3. The van der Waals surface area contributed by atoms with E-state index in [2.05, 4.69) is 33.8 Å². The summed E-state index contributed by atoms with van der Waals surface area (Å²) >= 11 is 0. The summed E-state index contributed by atoms with van der Waals surface area (Å²) in [5.74, 6) is 1.22. The number of carbonyl (C=O) groups is 2. The molecule has 27 heavy (non-hydrogen) atoms. The van der Waals surface area contributed by atoms with Gasteiger partial charge in [0.2, 0.25) is 5.91 Å². The number of nitrogens with zero attached hydrogens (tertiary/aromatic N) is 2. The predicted octanol–water partition coefficient (Wildman–Crippen LogP) is 4.33. The molecule has 1 saturated carbocycles. The van der Waals surface area contributed by atoms with E-state index in [-0.39, 0.29) is 17.4 Å². The van der Waals surface area contributed by atoms with E-state index in [1.165, 1.54) is 5.57 Å². The minimum absolute atomic E-state index is 0.0716. The van der Waals surface area contributed by atoms with Crippen LogP contribution in [0.1, 0.15) is 61.3 Å². The van der Waals surface area contributed by atoms with Crippen molar-refractivity contribution in [3.8, 4) is 0 Å². The first-order chi connectivity index (χ1) is 12.3. The van der Waals surface area contributed by atoms with Crippen LogP contribution in [0.2, 0.25) is 0 Å². The maximum atomic E-state index is 13.0. The molecule has 2 unspecified atom stereocenters. The van der Waals surface area contributed by atoms with Gasteiger partial charge in [0, 0.05) is 26.7 Å². The second-order valence-electron chi connectivity index (χ2n) is 10.2. The van der Waals surface area contributed by atoms with Gasteiger partial charge in [-0.1, -0.05) is 25.5 Å². The quantitative estimate of drug-likeness (QED) is 0.684. The minimum Gasteiger partial charge on any atom is -0.444 e. The van der Waals surface area contributed by atoms with Crippen LogP contribution in [0.4, 0.5) is 4.79 Å². The van der Waals surface area contributed by atoms with E-state index in [1.54, 1.807) is 11.9 Å². The third-order valence-corrected chi connectivity index (χ3v) is 5.85. The van der Waals surface area contributed by atoms with E-state index in [9.17, 15) is 9.59 Å². The maximum Gasteiger partial charge on any atom is 0.410 e. The molecule has 0 N–H and O–H groups in total. The first-order valence-corrected chi connectivity index (χ1v) is 10.2. The van der Waals surface area contributed by atoms with E-state index >= 15 is 0 Å². The SMILES string of the molecule is CC(C)=CC1C(C(=O)N2CCC(CN(C)C(=O)OC(C)(C)C)CC2)C1(C)C. The van der Waals surface area contributed by atoms with Crippen molar-refractivity contribution in [2.75, 3.05) is 26.7 Å². The van der Waals surface area contributed by atoms with E-state index in [4.69, 9.17) is 4.74 Å². The molecule has 2 rings (SSSR count). The molecule has 1 saturated heterocycles. The largest absolute Gasteiger partial charge is 0.444 e. The smallest absolute Gasteiger partial charge is 0.410 e. The Labute approximate surface area is 165 Å². The van der Waals surface area contributed by atoms with Gasteiger partial charge in [0.1, 0.15) is 5.60 Å². The van der Waals surface area contributed by atoms with Gasteiger partial charge in [0.25, 0.3) is 0 Å². The minimum atomic E-state index is -0.472. The van der Waals surface area contributed by atoms with E-state index < -0.39 is 5.60 Å². The van der Waals surface area contributed by atoms with E-state index in [1.807, 2.05) is 25.7 Å². The number of carbonyl (C=O) groups excluding carboxylic acids is 2. The zero-order valence-corrected chi connectivity index (χ0v) is 18.5. The van der Waals surface area contributed by atoms with Crippen LogP contribution in [0.5, 0.6) is 0 Å². The Morgan fingerprint density at radius 2 is 1.74 bits per heavy atom. The molecular formula is C22H38N2O3. The predicted molar refractivity (Wildman–Crippen MR) is 108 cm³/mol. The summed E-state index contributed by atoms with van der Waals surface area (Å²) in [6.07, 6.45) is 3.87. The third kappa shape index (κ3) is 5.49. The summed E-state index contributed by atoms with van der Waals surface area (Å²) in [5.41, 5.74) is 0.884. The van der Waals surface area contributed by atoms with Gasteiger partial charge in [-0.25, -0.2) is 4.79 Å². The molecule has 5 nitrogen and oxygen atoms in total. The topological polar surface area (TPSA) is 49.9 Å². The fraction of sp³-hybridized carbons (Fsp3) is 0.818. The Bertz CT molecular complexity index is 591. The molecule has 0 spiro atoms. The number of likely N-dealkylation sites (tertiary alicyclic amines) is 1. The third-order valence-electron chi connectivity index (χ3n) is 5.85. The molecule has 0 bridgehead atoms. The van der Waals surface area contributed by atoms with Crippen molar-refractivity contribution in [1.29, 1.82) is 0 Å². The molecular weight excluding hydrogens is 340 g/mol. The molecule has 1 aliphatic heterocycles. The maximum absolute atomic E-state index is 13.0. The number of hydrogen-bond donors (Lipinski definition) is 0. The van der Waals surface area contributed by atoms with Gasteiger partial charge in [-0.2, -0.15) is 0 Å². The van der Waals surface area contributed by atoms with Gasteiger partial charge in [-0.3, -0.25) is 4.79 Å². The number of rotatable bonds is 4. The van der Waals surface area contributed by atoms with Crippen molar-refractivity contribution in [3.63, 3.8) is 0 Å². The van der Waals surface area contributed by atoms with Gasteiger partial charge in [-0.05, 0) is 64.7 Å². The van der Waals surface area contributed by atoms with E-state index in [0.717, 1.165) is 25.9 Å². The highest BCUT2D eigenvalue weighted by molar-refractivity contribution is 5.84. The van der Waals surface area contributed by atoms with Crippen LogP contribution in [0.25, 0.3) is 0 Å². The standard InChI is InChI=1S/C22H38N2O3/c1-15(2)13-17-18(22(17,6)7)19(25)24-11-9-16(10-12-24)14-23(8)20(26)27-21(3,4)5/h13,16-18H,9-12,14H2,1-8H3. The van der Waals surface area contributed by atoms with Gasteiger partial charge in [0.05, 0.1) is 5.92 Å². The zero-order chi connectivity index (χ0) is 20.6. The van der Waals surface area contributed by atoms with Crippen LogP contribution in [0.15, 0.2) is 11.6 Å². The van der Waals surface area contributed by atoms with Crippen LogP contribution >= 0.6 is 0 Å². The zero-order valence-electron chi connectivity index (χ0n) is 18.5. The Morgan fingerprint density at radius 3 is 2.22 bits per heavy atom. The van der Waals surface area contributed by atoms with Gasteiger partial charge in [0.15, 0.2) is 0 Å². The van der Waals surface area contributed by atoms with Crippen LogP contribution in [0.3, 0.4) is 0 Å². The lowest BCUT2D eigenvalue weighted by molar-refractivity contribution is -0.135. The van der Waals surface area contributed by atoms with Crippen molar-refractivity contribution in [2.45, 2.75) is 66.9 Å². The lowest BCUT2D eigenvalue weighted by Gasteiger charge is -2.34. The van der Waals surface area contributed by atoms with Crippen LogP contribution in [0, 0.1) is 23.2 Å². The van der Waals surface area contributed by atoms with Gasteiger partial charge < -0.3 is 14.5 Å². The first kappa shape index (κ1) is 21.8. The summed E-state index contributed by atoms with van der Waals surface area (Å²) in [5, 5.41) is 0. The number of piperidine rings is 1. The Balaban J connectivity index is 1.83. The Morgan fingerprint density at radius 1 is 1.19 bits per heavy atom. The van der Waals surface area contributed by atoms with Crippen molar-refractivity contribution in [3.05, 3.63) is 11.6 Å². The summed E-state index contributed by atoms with van der Waals surface area (Å²) in [4.78, 5) is 28.8. The van der Waals surface area contributed by atoms with Gasteiger partial charge in [-0.15, -0.1) is 0 Å². The van der Waals surface area contributed by atoms with Crippen molar-refractivity contribution in [2.24, 2.45) is 23.2 Å². The average Bonchev–Trinajstić information content (AvgIpc) is 3.05. The van der Waals surface area contributed by atoms with Crippen LogP contribution in [-0.2, 0) is 9.53 Å². The lowest BCUT2D eigenvalue weighted by atomic mass is 9.95. The average molecular weight is 379 g/mol. The van der Waals surface area contributed by atoms with Crippen molar-refractivity contribution >= 4 is 12.0 Å².